The van der Waals surface area contributed by atoms with Crippen molar-refractivity contribution >= 4 is 28.4 Å². The average molecular weight is 310 g/mol. The van der Waals surface area contributed by atoms with Crippen LogP contribution in [-0.2, 0) is 0 Å². The quantitative estimate of drug-likeness (QED) is 0.751. The van der Waals surface area contributed by atoms with E-state index in [1.807, 2.05) is 13.8 Å². The summed E-state index contributed by atoms with van der Waals surface area (Å²) >= 11 is 0. The summed E-state index contributed by atoms with van der Waals surface area (Å²) in [7, 11) is 0. The lowest BCUT2D eigenvalue weighted by Crippen LogP contribution is -2.20. The van der Waals surface area contributed by atoms with Crippen molar-refractivity contribution in [2.45, 2.75) is 13.8 Å². The van der Waals surface area contributed by atoms with E-state index in [0.29, 0.717) is 11.2 Å². The number of urea groups is 1. The number of hydrogen-bond donors (Lipinski definition) is 2. The van der Waals surface area contributed by atoms with Gasteiger partial charge < -0.3 is 10.6 Å². The minimum absolute atomic E-state index is 0.122. The molecule has 0 atom stereocenters. The molecular formula is C17H15FN4O. The number of aromatic nitrogens is 2. The third-order valence-electron chi connectivity index (χ3n) is 3.46. The maximum atomic E-state index is 13.5. The number of aryl methyl sites for hydroxylation is 2. The Hall–Kier alpha value is -3.02. The fourth-order valence-electron chi connectivity index (χ4n) is 2.16. The van der Waals surface area contributed by atoms with E-state index in [1.165, 1.54) is 12.1 Å². The number of para-hydroxylation sites is 1. The van der Waals surface area contributed by atoms with Gasteiger partial charge in [0, 0.05) is 5.69 Å². The molecule has 0 aliphatic carbocycles. The first-order chi connectivity index (χ1) is 11.0. The maximum absolute atomic E-state index is 13.5. The third kappa shape index (κ3) is 3.26. The lowest BCUT2D eigenvalue weighted by molar-refractivity contribution is 0.262. The van der Waals surface area contributed by atoms with Crippen LogP contribution in [0.4, 0.5) is 20.6 Å². The first-order valence-electron chi connectivity index (χ1n) is 7.10. The van der Waals surface area contributed by atoms with Gasteiger partial charge in [0.05, 0.1) is 28.1 Å². The zero-order valence-corrected chi connectivity index (χ0v) is 12.7. The number of nitrogens with one attached hydrogen (secondary N) is 2. The number of rotatable bonds is 2. The molecule has 0 aliphatic heterocycles. The van der Waals surface area contributed by atoms with E-state index in [1.54, 1.807) is 30.3 Å². The van der Waals surface area contributed by atoms with Crippen LogP contribution in [0, 0.1) is 19.7 Å². The molecule has 2 aromatic carbocycles. The second kappa shape index (κ2) is 6.00. The second-order valence-electron chi connectivity index (χ2n) is 5.16. The predicted octanol–water partition coefficient (Wildman–Crippen LogP) is 4.03. The van der Waals surface area contributed by atoms with Gasteiger partial charge in [0.15, 0.2) is 0 Å². The number of fused-ring (bicyclic) bond motifs is 1. The van der Waals surface area contributed by atoms with Gasteiger partial charge in [-0.3, -0.25) is 0 Å². The molecule has 0 saturated carbocycles. The lowest BCUT2D eigenvalue weighted by atomic mass is 10.2. The minimum Gasteiger partial charge on any atom is -0.308 e. The van der Waals surface area contributed by atoms with Crippen LogP contribution in [0.1, 0.15) is 11.4 Å². The zero-order chi connectivity index (χ0) is 16.4. The van der Waals surface area contributed by atoms with Crippen LogP contribution >= 0.6 is 0 Å². The summed E-state index contributed by atoms with van der Waals surface area (Å²) in [5, 5.41) is 5.13. The summed E-state index contributed by atoms with van der Waals surface area (Å²) in [5.74, 6) is -0.488. The normalized spacial score (nSPS) is 10.6. The standard InChI is InChI=1S/C17H15FN4O/c1-10-11(2)20-16-9-12(7-8-15(16)19-10)21-17(23)22-14-6-4-3-5-13(14)18/h3-9H,1-2H3,(H2,21,22,23). The summed E-state index contributed by atoms with van der Waals surface area (Å²) in [6.45, 7) is 3.78. The molecule has 3 rings (SSSR count). The Kier molecular flexibility index (Phi) is 3.89. The SMILES string of the molecule is Cc1nc2ccc(NC(=O)Nc3ccccc3F)cc2nc1C. The smallest absolute Gasteiger partial charge is 0.308 e. The van der Waals surface area contributed by atoms with Gasteiger partial charge in [-0.25, -0.2) is 19.2 Å². The topological polar surface area (TPSA) is 66.9 Å². The molecule has 116 valence electrons. The minimum atomic E-state index is -0.522. The van der Waals surface area contributed by atoms with Crippen LogP contribution in [0.15, 0.2) is 42.5 Å². The van der Waals surface area contributed by atoms with Crippen LogP contribution in [0.3, 0.4) is 0 Å². The number of nitrogens with zero attached hydrogens (tertiary/aromatic N) is 2. The molecular weight excluding hydrogens is 295 g/mol. The maximum Gasteiger partial charge on any atom is 0.323 e. The lowest BCUT2D eigenvalue weighted by Gasteiger charge is -2.09. The number of benzene rings is 2. The number of carbonyl (C=O) groups excluding carboxylic acids is 1. The highest BCUT2D eigenvalue weighted by atomic mass is 19.1. The molecule has 23 heavy (non-hydrogen) atoms. The number of hydrogen-bond acceptors (Lipinski definition) is 3. The van der Waals surface area contributed by atoms with Crippen molar-refractivity contribution < 1.29 is 9.18 Å². The summed E-state index contributed by atoms with van der Waals surface area (Å²) in [6, 6.07) is 10.7. The third-order valence-corrected chi connectivity index (χ3v) is 3.46. The molecule has 0 spiro atoms. The van der Waals surface area contributed by atoms with E-state index in [4.69, 9.17) is 0 Å². The van der Waals surface area contributed by atoms with Crippen molar-refractivity contribution in [3.8, 4) is 0 Å². The Morgan fingerprint density at radius 1 is 0.957 bits per heavy atom. The highest BCUT2D eigenvalue weighted by Gasteiger charge is 2.08. The largest absolute Gasteiger partial charge is 0.323 e. The van der Waals surface area contributed by atoms with Crippen molar-refractivity contribution in [3.05, 3.63) is 59.7 Å². The van der Waals surface area contributed by atoms with Crippen molar-refractivity contribution in [1.82, 2.24) is 9.97 Å². The van der Waals surface area contributed by atoms with Crippen LogP contribution in [0.25, 0.3) is 11.0 Å². The molecule has 0 unspecified atom stereocenters. The molecule has 5 nitrogen and oxygen atoms in total. The number of halogens is 1. The number of amides is 2. The van der Waals surface area contributed by atoms with Gasteiger partial charge in [-0.2, -0.15) is 0 Å². The molecule has 1 heterocycles. The number of carbonyl (C=O) groups is 1. The van der Waals surface area contributed by atoms with Gasteiger partial charge in [-0.15, -0.1) is 0 Å². The van der Waals surface area contributed by atoms with Crippen molar-refractivity contribution in [2.75, 3.05) is 10.6 Å². The van der Waals surface area contributed by atoms with Crippen LogP contribution in [0.5, 0.6) is 0 Å². The van der Waals surface area contributed by atoms with E-state index in [2.05, 4.69) is 20.6 Å². The van der Waals surface area contributed by atoms with E-state index < -0.39 is 11.8 Å². The van der Waals surface area contributed by atoms with E-state index >= 15 is 0 Å². The van der Waals surface area contributed by atoms with Crippen LogP contribution in [-0.4, -0.2) is 16.0 Å². The first-order valence-corrected chi connectivity index (χ1v) is 7.10. The van der Waals surface area contributed by atoms with Gasteiger partial charge in [0.1, 0.15) is 5.82 Å². The molecule has 6 heteroatoms. The molecule has 0 saturated heterocycles. The Balaban J connectivity index is 1.80. The van der Waals surface area contributed by atoms with Crippen molar-refractivity contribution in [1.29, 1.82) is 0 Å². The van der Waals surface area contributed by atoms with E-state index in [-0.39, 0.29) is 5.69 Å². The highest BCUT2D eigenvalue weighted by molar-refractivity contribution is 6.00. The molecule has 2 N–H and O–H groups in total. The fraction of sp³-hybridized carbons (Fsp3) is 0.118. The fourth-order valence-corrected chi connectivity index (χ4v) is 2.16. The molecule has 2 amide bonds. The van der Waals surface area contributed by atoms with E-state index in [0.717, 1.165) is 16.9 Å². The van der Waals surface area contributed by atoms with Gasteiger partial charge in [-0.05, 0) is 44.2 Å². The summed E-state index contributed by atoms with van der Waals surface area (Å²) in [4.78, 5) is 20.8. The van der Waals surface area contributed by atoms with Gasteiger partial charge in [0.2, 0.25) is 0 Å². The van der Waals surface area contributed by atoms with Gasteiger partial charge >= 0.3 is 6.03 Å². The molecule has 0 radical (unpaired) electrons. The highest BCUT2D eigenvalue weighted by Crippen LogP contribution is 2.18. The second-order valence-corrected chi connectivity index (χ2v) is 5.16. The van der Waals surface area contributed by atoms with Crippen LogP contribution < -0.4 is 10.6 Å². The summed E-state index contributed by atoms with van der Waals surface area (Å²) in [5.41, 5.74) is 3.84. The Bertz CT molecular complexity index is 895. The first kappa shape index (κ1) is 14.9. The average Bonchev–Trinajstić information content (AvgIpc) is 2.51. The van der Waals surface area contributed by atoms with Gasteiger partial charge in [0.25, 0.3) is 0 Å². The summed E-state index contributed by atoms with van der Waals surface area (Å²) in [6.07, 6.45) is 0. The Morgan fingerprint density at radius 3 is 2.39 bits per heavy atom. The molecule has 0 bridgehead atoms. The molecule has 0 fully saturated rings. The molecule has 3 aromatic rings. The Labute approximate surface area is 132 Å². The van der Waals surface area contributed by atoms with Crippen molar-refractivity contribution in [3.63, 3.8) is 0 Å². The predicted molar refractivity (Wildman–Crippen MR) is 88.1 cm³/mol. The monoisotopic (exact) mass is 310 g/mol. The molecule has 0 aliphatic rings. The van der Waals surface area contributed by atoms with Crippen molar-refractivity contribution in [2.24, 2.45) is 0 Å². The summed E-state index contributed by atoms with van der Waals surface area (Å²) < 4.78 is 13.5. The number of anilines is 2. The Morgan fingerprint density at radius 2 is 1.65 bits per heavy atom. The van der Waals surface area contributed by atoms with Crippen LogP contribution in [0.2, 0.25) is 0 Å². The van der Waals surface area contributed by atoms with E-state index in [9.17, 15) is 9.18 Å². The molecule has 1 aromatic heterocycles. The van der Waals surface area contributed by atoms with Gasteiger partial charge in [-0.1, -0.05) is 12.1 Å². The zero-order valence-electron chi connectivity index (χ0n) is 12.7.